The summed E-state index contributed by atoms with van der Waals surface area (Å²) in [5.74, 6) is 1.44. The molecule has 16 heavy (non-hydrogen) atoms. The minimum Gasteiger partial charge on any atom is -0.454 e. The average molecular weight is 215 g/mol. The number of nitrogens with one attached hydrogen (secondary N) is 1. The van der Waals surface area contributed by atoms with E-state index < -0.39 is 0 Å². The van der Waals surface area contributed by atoms with Crippen molar-refractivity contribution < 1.29 is 4.74 Å². The van der Waals surface area contributed by atoms with Crippen molar-refractivity contribution in [3.8, 4) is 11.5 Å². The van der Waals surface area contributed by atoms with Gasteiger partial charge in [-0.15, -0.1) is 0 Å². The third-order valence-electron chi connectivity index (χ3n) is 2.02. The molecular formula is C12H13N3O. The Bertz CT molecular complexity index is 445. The summed E-state index contributed by atoms with van der Waals surface area (Å²) in [5.41, 5.74) is 1.09. The fourth-order valence-corrected chi connectivity index (χ4v) is 1.36. The lowest BCUT2D eigenvalue weighted by Gasteiger charge is -2.06. The van der Waals surface area contributed by atoms with E-state index in [1.54, 1.807) is 18.6 Å². The summed E-state index contributed by atoms with van der Waals surface area (Å²) in [6.45, 7) is 0.775. The molecule has 82 valence electrons. The Balaban J connectivity index is 2.12. The molecule has 0 radical (unpaired) electrons. The van der Waals surface area contributed by atoms with Crippen LogP contribution in [0, 0.1) is 0 Å². The minimum atomic E-state index is 0.714. The number of aromatic nitrogens is 2. The van der Waals surface area contributed by atoms with Crippen LogP contribution in [0.4, 0.5) is 0 Å². The van der Waals surface area contributed by atoms with E-state index in [2.05, 4.69) is 15.3 Å². The second-order valence-electron chi connectivity index (χ2n) is 3.35. The lowest BCUT2D eigenvalue weighted by molar-refractivity contribution is 0.477. The molecule has 0 saturated heterocycles. The maximum atomic E-state index is 5.61. The van der Waals surface area contributed by atoms with Gasteiger partial charge in [0.1, 0.15) is 11.5 Å². The van der Waals surface area contributed by atoms with Crippen molar-refractivity contribution in [2.45, 2.75) is 6.54 Å². The molecule has 0 unspecified atom stereocenters. The van der Waals surface area contributed by atoms with Crippen LogP contribution in [-0.4, -0.2) is 17.0 Å². The van der Waals surface area contributed by atoms with Gasteiger partial charge in [-0.3, -0.25) is 9.97 Å². The monoisotopic (exact) mass is 215 g/mol. The van der Waals surface area contributed by atoms with E-state index in [1.807, 2.05) is 31.4 Å². The van der Waals surface area contributed by atoms with Crippen LogP contribution in [0.2, 0.25) is 0 Å². The maximum Gasteiger partial charge on any atom is 0.146 e. The number of hydrogen-bond acceptors (Lipinski definition) is 4. The Morgan fingerprint density at radius 1 is 1.19 bits per heavy atom. The van der Waals surface area contributed by atoms with Crippen molar-refractivity contribution in [2.24, 2.45) is 0 Å². The minimum absolute atomic E-state index is 0.714. The summed E-state index contributed by atoms with van der Waals surface area (Å²) in [6, 6.07) is 5.65. The van der Waals surface area contributed by atoms with Gasteiger partial charge >= 0.3 is 0 Å². The molecule has 4 heteroatoms. The summed E-state index contributed by atoms with van der Waals surface area (Å²) in [7, 11) is 1.90. The van der Waals surface area contributed by atoms with E-state index >= 15 is 0 Å². The van der Waals surface area contributed by atoms with Gasteiger partial charge in [0.2, 0.25) is 0 Å². The molecule has 2 heterocycles. The van der Waals surface area contributed by atoms with Crippen molar-refractivity contribution in [3.05, 3.63) is 48.5 Å². The van der Waals surface area contributed by atoms with Crippen LogP contribution < -0.4 is 10.1 Å². The predicted octanol–water partition coefficient (Wildman–Crippen LogP) is 1.99. The van der Waals surface area contributed by atoms with Gasteiger partial charge in [0.05, 0.1) is 12.4 Å². The van der Waals surface area contributed by atoms with Crippen LogP contribution in [-0.2, 0) is 6.54 Å². The van der Waals surface area contributed by atoms with Crippen LogP contribution in [0.5, 0.6) is 11.5 Å². The van der Waals surface area contributed by atoms with Crippen molar-refractivity contribution >= 4 is 0 Å². The van der Waals surface area contributed by atoms with E-state index in [4.69, 9.17) is 4.74 Å². The maximum absolute atomic E-state index is 5.61. The van der Waals surface area contributed by atoms with E-state index in [9.17, 15) is 0 Å². The molecule has 1 N–H and O–H groups in total. The Hall–Kier alpha value is -1.94. The fourth-order valence-electron chi connectivity index (χ4n) is 1.36. The number of hydrogen-bond donors (Lipinski definition) is 1. The Labute approximate surface area is 94.3 Å². The highest BCUT2D eigenvalue weighted by Gasteiger charge is 1.99. The summed E-state index contributed by atoms with van der Waals surface area (Å²) >= 11 is 0. The SMILES string of the molecule is CNCc1cncc(Oc2cccnc2)c1. The molecule has 0 amide bonds. The normalized spacial score (nSPS) is 10.1. The molecule has 0 aliphatic rings. The zero-order chi connectivity index (χ0) is 11.2. The van der Waals surface area contributed by atoms with Gasteiger partial charge in [-0.05, 0) is 30.8 Å². The molecule has 0 atom stereocenters. The Morgan fingerprint density at radius 2 is 2.06 bits per heavy atom. The number of ether oxygens (including phenoxy) is 1. The third-order valence-corrected chi connectivity index (χ3v) is 2.02. The highest BCUT2D eigenvalue weighted by molar-refractivity contribution is 5.29. The Morgan fingerprint density at radius 3 is 2.81 bits per heavy atom. The summed E-state index contributed by atoms with van der Waals surface area (Å²) in [6.07, 6.45) is 6.88. The topological polar surface area (TPSA) is 47.0 Å². The zero-order valence-electron chi connectivity index (χ0n) is 9.05. The van der Waals surface area contributed by atoms with Crippen LogP contribution in [0.15, 0.2) is 43.0 Å². The van der Waals surface area contributed by atoms with Crippen molar-refractivity contribution in [3.63, 3.8) is 0 Å². The quantitative estimate of drug-likeness (QED) is 0.847. The van der Waals surface area contributed by atoms with E-state index in [0.29, 0.717) is 5.75 Å². The Kier molecular flexibility index (Phi) is 3.46. The lowest BCUT2D eigenvalue weighted by Crippen LogP contribution is -2.05. The molecule has 0 saturated carbocycles. The van der Waals surface area contributed by atoms with Gasteiger partial charge < -0.3 is 10.1 Å². The molecule has 0 aliphatic heterocycles. The second kappa shape index (κ2) is 5.23. The summed E-state index contributed by atoms with van der Waals surface area (Å²) in [5, 5.41) is 3.07. The predicted molar refractivity (Wildman–Crippen MR) is 61.3 cm³/mol. The second-order valence-corrected chi connectivity index (χ2v) is 3.35. The molecule has 0 spiro atoms. The molecule has 0 bridgehead atoms. The van der Waals surface area contributed by atoms with Crippen LogP contribution >= 0.6 is 0 Å². The van der Waals surface area contributed by atoms with E-state index in [1.165, 1.54) is 0 Å². The summed E-state index contributed by atoms with van der Waals surface area (Å²) in [4.78, 5) is 8.10. The number of nitrogens with zero attached hydrogens (tertiary/aromatic N) is 2. The fraction of sp³-hybridized carbons (Fsp3) is 0.167. The van der Waals surface area contributed by atoms with Crippen LogP contribution in [0.1, 0.15) is 5.56 Å². The zero-order valence-corrected chi connectivity index (χ0v) is 9.05. The van der Waals surface area contributed by atoms with E-state index in [-0.39, 0.29) is 0 Å². The first-order valence-corrected chi connectivity index (χ1v) is 5.05. The van der Waals surface area contributed by atoms with Gasteiger partial charge in [0.25, 0.3) is 0 Å². The van der Waals surface area contributed by atoms with Crippen molar-refractivity contribution in [1.29, 1.82) is 0 Å². The van der Waals surface area contributed by atoms with Gasteiger partial charge in [-0.1, -0.05) is 0 Å². The molecule has 2 aromatic heterocycles. The molecule has 2 aromatic rings. The largest absolute Gasteiger partial charge is 0.454 e. The first-order valence-electron chi connectivity index (χ1n) is 5.05. The van der Waals surface area contributed by atoms with Gasteiger partial charge in [-0.25, -0.2) is 0 Å². The molecule has 0 fully saturated rings. The molecule has 4 nitrogen and oxygen atoms in total. The molecule has 2 rings (SSSR count). The highest BCUT2D eigenvalue weighted by Crippen LogP contribution is 2.19. The van der Waals surface area contributed by atoms with Crippen LogP contribution in [0.25, 0.3) is 0 Å². The highest BCUT2D eigenvalue weighted by atomic mass is 16.5. The lowest BCUT2D eigenvalue weighted by atomic mass is 10.3. The molecule has 0 aliphatic carbocycles. The van der Waals surface area contributed by atoms with Crippen molar-refractivity contribution in [1.82, 2.24) is 15.3 Å². The first kappa shape index (κ1) is 10.6. The number of pyridine rings is 2. The van der Waals surface area contributed by atoms with Gasteiger partial charge in [0.15, 0.2) is 0 Å². The average Bonchev–Trinajstić information content (AvgIpc) is 2.31. The smallest absolute Gasteiger partial charge is 0.146 e. The van der Waals surface area contributed by atoms with Crippen molar-refractivity contribution in [2.75, 3.05) is 7.05 Å². The number of rotatable bonds is 4. The molecular weight excluding hydrogens is 202 g/mol. The third kappa shape index (κ3) is 2.77. The van der Waals surface area contributed by atoms with E-state index in [0.717, 1.165) is 17.9 Å². The molecule has 0 aromatic carbocycles. The first-order chi connectivity index (χ1) is 7.88. The summed E-state index contributed by atoms with van der Waals surface area (Å²) < 4.78 is 5.61. The van der Waals surface area contributed by atoms with Crippen LogP contribution in [0.3, 0.4) is 0 Å². The van der Waals surface area contributed by atoms with Gasteiger partial charge in [0, 0.05) is 18.9 Å². The van der Waals surface area contributed by atoms with Gasteiger partial charge in [-0.2, -0.15) is 0 Å². The standard InChI is InChI=1S/C12H13N3O/c1-13-6-10-5-12(9-15-7-10)16-11-3-2-4-14-8-11/h2-5,7-9,13H,6H2,1H3.